The molecule has 0 bridgehead atoms. The first kappa shape index (κ1) is 23.4. The summed E-state index contributed by atoms with van der Waals surface area (Å²) in [6, 6.07) is 0. The monoisotopic (exact) mass is 450 g/mol. The summed E-state index contributed by atoms with van der Waals surface area (Å²) < 4.78 is 9.39. The van der Waals surface area contributed by atoms with E-state index < -0.39 is 0 Å². The number of rotatable bonds is 13. The summed E-state index contributed by atoms with van der Waals surface area (Å²) in [5.74, 6) is -0.127. The van der Waals surface area contributed by atoms with Crippen molar-refractivity contribution in [2.75, 3.05) is 7.11 Å². The van der Waals surface area contributed by atoms with Gasteiger partial charge >= 0.3 is 5.97 Å². The summed E-state index contributed by atoms with van der Waals surface area (Å²) in [4.78, 5) is 11.4. The predicted octanol–water partition coefficient (Wildman–Crippen LogP) is 1.05. The highest BCUT2D eigenvalue weighted by Crippen LogP contribution is 2.08. The zero-order valence-corrected chi connectivity index (χ0v) is 17.9. The summed E-state index contributed by atoms with van der Waals surface area (Å²) in [6.07, 6.45) is 15.8. The lowest BCUT2D eigenvalue weighted by Crippen LogP contribution is -3.00. The van der Waals surface area contributed by atoms with Gasteiger partial charge in [0, 0.05) is 6.42 Å². The van der Waals surface area contributed by atoms with Gasteiger partial charge in [0.2, 0.25) is 6.33 Å². The number of aromatic nitrogens is 2. The van der Waals surface area contributed by atoms with Crippen LogP contribution in [0.1, 0.15) is 77.3 Å². The molecule has 0 spiro atoms. The molecule has 1 heterocycles. The second-order valence-corrected chi connectivity index (χ2v) is 6.36. The molecule has 24 heavy (non-hydrogen) atoms. The van der Waals surface area contributed by atoms with Crippen molar-refractivity contribution in [3.8, 4) is 0 Å². The van der Waals surface area contributed by atoms with Crippen LogP contribution < -0.4 is 28.5 Å². The minimum absolute atomic E-state index is 0. The van der Waals surface area contributed by atoms with Gasteiger partial charge in [-0.2, -0.15) is 0 Å². The highest BCUT2D eigenvalue weighted by molar-refractivity contribution is 5.69. The van der Waals surface area contributed by atoms with Crippen molar-refractivity contribution >= 4 is 5.97 Å². The molecule has 0 radical (unpaired) electrons. The van der Waals surface area contributed by atoms with Crippen LogP contribution in [0.3, 0.4) is 0 Å². The number of imidazole rings is 1. The molecule has 0 N–H and O–H groups in total. The van der Waals surface area contributed by atoms with Crippen LogP contribution in [-0.4, -0.2) is 17.6 Å². The molecule has 1 rings (SSSR count). The lowest BCUT2D eigenvalue weighted by atomic mass is 10.2. The Balaban J connectivity index is 0.00000529. The average molecular weight is 450 g/mol. The standard InChI is InChI=1S/C19H35N2O2.HI/c1-4-6-8-10-14-20-16-18(12-13-19(22)23-3)21(17-20)15-11-9-7-5-2;/h16-17H,4-15H2,1-3H3;1H/q+1;/p-1. The van der Waals surface area contributed by atoms with Gasteiger partial charge in [-0.3, -0.25) is 4.79 Å². The topological polar surface area (TPSA) is 35.1 Å². The number of hydrogen-bond donors (Lipinski definition) is 0. The Kier molecular flexibility index (Phi) is 14.4. The average Bonchev–Trinajstić information content (AvgIpc) is 2.95. The Morgan fingerprint density at radius 2 is 1.75 bits per heavy atom. The Labute approximate surface area is 165 Å². The Bertz CT molecular complexity index is 447. The van der Waals surface area contributed by atoms with E-state index in [1.165, 1.54) is 64.2 Å². The molecule has 4 nitrogen and oxygen atoms in total. The lowest BCUT2D eigenvalue weighted by molar-refractivity contribution is -0.697. The fourth-order valence-corrected chi connectivity index (χ4v) is 2.85. The van der Waals surface area contributed by atoms with Crippen LogP contribution in [0.4, 0.5) is 0 Å². The molecule has 0 aromatic carbocycles. The number of unbranched alkanes of at least 4 members (excludes halogenated alkanes) is 6. The van der Waals surface area contributed by atoms with Crippen LogP contribution in [0.25, 0.3) is 0 Å². The molecule has 1 aromatic heterocycles. The number of carbonyl (C=O) groups is 1. The second kappa shape index (κ2) is 14.7. The first-order chi connectivity index (χ1) is 11.2. The largest absolute Gasteiger partial charge is 1.00 e. The van der Waals surface area contributed by atoms with E-state index in [0.29, 0.717) is 6.42 Å². The van der Waals surface area contributed by atoms with E-state index in [1.807, 2.05) is 0 Å². The van der Waals surface area contributed by atoms with E-state index in [1.54, 1.807) is 0 Å². The van der Waals surface area contributed by atoms with E-state index in [-0.39, 0.29) is 29.9 Å². The van der Waals surface area contributed by atoms with Gasteiger partial charge < -0.3 is 28.7 Å². The smallest absolute Gasteiger partial charge is 0.305 e. The third kappa shape index (κ3) is 9.64. The summed E-state index contributed by atoms with van der Waals surface area (Å²) in [5.41, 5.74) is 1.25. The molecule has 0 aliphatic rings. The molecule has 0 amide bonds. The highest BCUT2D eigenvalue weighted by Gasteiger charge is 2.15. The second-order valence-electron chi connectivity index (χ2n) is 6.36. The molecule has 0 saturated carbocycles. The maximum atomic E-state index is 11.4. The SMILES string of the molecule is CCCCCCn1c[n+](CCCCCC)cc1CCC(=O)OC.[I-]. The van der Waals surface area contributed by atoms with Crippen LogP contribution in [-0.2, 0) is 29.0 Å². The minimum Gasteiger partial charge on any atom is -1.00 e. The molecule has 0 aliphatic heterocycles. The predicted molar refractivity (Wildman–Crippen MR) is 93.2 cm³/mol. The number of ether oxygens (including phenoxy) is 1. The number of nitrogens with zero attached hydrogens (tertiary/aromatic N) is 2. The molecule has 0 unspecified atom stereocenters. The molecule has 0 aliphatic carbocycles. The van der Waals surface area contributed by atoms with Crippen LogP contribution in [0.15, 0.2) is 12.5 Å². The Morgan fingerprint density at radius 3 is 2.38 bits per heavy atom. The number of carbonyl (C=O) groups excluding carboxylic acids is 1. The number of aryl methyl sites for hydroxylation is 3. The molecule has 1 aromatic rings. The van der Waals surface area contributed by atoms with Gasteiger partial charge in [-0.1, -0.05) is 39.5 Å². The number of hydrogen-bond acceptors (Lipinski definition) is 2. The minimum atomic E-state index is -0.127. The van der Waals surface area contributed by atoms with Crippen LogP contribution >= 0.6 is 0 Å². The zero-order valence-electron chi connectivity index (χ0n) is 15.7. The van der Waals surface area contributed by atoms with Crippen LogP contribution in [0.5, 0.6) is 0 Å². The Hall–Kier alpha value is -0.590. The van der Waals surface area contributed by atoms with Crippen LogP contribution in [0.2, 0.25) is 0 Å². The summed E-state index contributed by atoms with van der Waals surface area (Å²) in [5, 5.41) is 0. The fourth-order valence-electron chi connectivity index (χ4n) is 2.85. The maximum absolute atomic E-state index is 11.4. The van der Waals surface area contributed by atoms with E-state index in [0.717, 1.165) is 19.5 Å². The van der Waals surface area contributed by atoms with Crippen molar-refractivity contribution in [2.24, 2.45) is 0 Å². The number of esters is 1. The lowest BCUT2D eigenvalue weighted by Gasteiger charge is -2.01. The maximum Gasteiger partial charge on any atom is 0.305 e. The van der Waals surface area contributed by atoms with E-state index in [9.17, 15) is 4.79 Å². The highest BCUT2D eigenvalue weighted by atomic mass is 127. The van der Waals surface area contributed by atoms with Crippen molar-refractivity contribution < 1.29 is 38.1 Å². The van der Waals surface area contributed by atoms with E-state index >= 15 is 0 Å². The first-order valence-electron chi connectivity index (χ1n) is 9.36. The molecule has 0 saturated heterocycles. The van der Waals surface area contributed by atoms with Crippen molar-refractivity contribution in [1.29, 1.82) is 0 Å². The summed E-state index contributed by atoms with van der Waals surface area (Å²) in [7, 11) is 1.46. The van der Waals surface area contributed by atoms with Gasteiger partial charge in [0.25, 0.3) is 0 Å². The molecule has 5 heteroatoms. The van der Waals surface area contributed by atoms with Gasteiger partial charge in [-0.05, 0) is 25.7 Å². The molecule has 140 valence electrons. The summed E-state index contributed by atoms with van der Waals surface area (Å²) in [6.45, 7) is 6.61. The third-order valence-electron chi connectivity index (χ3n) is 4.31. The van der Waals surface area contributed by atoms with Gasteiger partial charge in [-0.25, -0.2) is 9.13 Å². The van der Waals surface area contributed by atoms with Gasteiger partial charge in [0.1, 0.15) is 11.9 Å². The van der Waals surface area contributed by atoms with Gasteiger partial charge in [0.05, 0.1) is 26.6 Å². The number of methoxy groups -OCH3 is 1. The quantitative estimate of drug-likeness (QED) is 0.195. The van der Waals surface area contributed by atoms with Crippen molar-refractivity contribution in [2.45, 2.75) is 91.1 Å². The van der Waals surface area contributed by atoms with Gasteiger partial charge in [0.15, 0.2) is 0 Å². The Morgan fingerprint density at radius 1 is 1.08 bits per heavy atom. The molecular weight excluding hydrogens is 415 g/mol. The number of halogens is 1. The fraction of sp³-hybridized carbons (Fsp3) is 0.789. The van der Waals surface area contributed by atoms with E-state index in [4.69, 9.17) is 4.74 Å². The summed E-state index contributed by atoms with van der Waals surface area (Å²) >= 11 is 0. The first-order valence-corrected chi connectivity index (χ1v) is 9.36. The molecule has 0 fully saturated rings. The van der Waals surface area contributed by atoms with Crippen LogP contribution in [0, 0.1) is 0 Å². The molecule has 0 atom stereocenters. The molecular formula is C19H35IN2O2. The normalized spacial score (nSPS) is 10.5. The van der Waals surface area contributed by atoms with E-state index in [2.05, 4.69) is 35.5 Å². The van der Waals surface area contributed by atoms with Crippen molar-refractivity contribution in [1.82, 2.24) is 4.57 Å². The zero-order chi connectivity index (χ0) is 16.9. The third-order valence-corrected chi connectivity index (χ3v) is 4.31. The van der Waals surface area contributed by atoms with Crippen molar-refractivity contribution in [3.05, 3.63) is 18.2 Å². The van der Waals surface area contributed by atoms with Crippen molar-refractivity contribution in [3.63, 3.8) is 0 Å². The van der Waals surface area contributed by atoms with Gasteiger partial charge in [-0.15, -0.1) is 0 Å².